The Kier molecular flexibility index (Phi) is 0.395. The molecule has 3 nitrogen and oxygen atoms in total. The molecule has 0 spiro atoms. The standard InChI is InChI=1S/C3H4N2O/c4-2-1-3(6)5-2/h1H,(H3,4,5,6). The fraction of sp³-hybridized carbons (Fsp3) is 0. The molecule has 1 aliphatic rings. The van der Waals surface area contributed by atoms with Crippen LogP contribution in [0.2, 0.25) is 0 Å². The molecule has 1 rings (SSSR count). The van der Waals surface area contributed by atoms with Crippen LogP contribution in [-0.2, 0) is 0 Å². The minimum atomic E-state index is 0.0208. The first-order chi connectivity index (χ1) is 2.79. The molecule has 0 aromatic carbocycles. The number of rotatable bonds is 0. The van der Waals surface area contributed by atoms with E-state index in [2.05, 4.69) is 4.99 Å². The minimum Gasteiger partial charge on any atom is -0.493 e. The highest BCUT2D eigenvalue weighted by molar-refractivity contribution is 5.92. The molecule has 0 radical (unpaired) electrons. The van der Waals surface area contributed by atoms with E-state index in [0.29, 0.717) is 5.82 Å². The second kappa shape index (κ2) is 0.739. The smallest absolute Gasteiger partial charge is 0.216 e. The molecule has 1 aliphatic heterocycles. The van der Waals surface area contributed by atoms with Crippen LogP contribution < -0.4 is 5.73 Å². The van der Waals surface area contributed by atoms with Crippen LogP contribution in [0.15, 0.2) is 16.9 Å². The fourth-order valence-electron chi connectivity index (χ4n) is 0.263. The quantitative estimate of drug-likeness (QED) is 0.425. The van der Waals surface area contributed by atoms with Gasteiger partial charge in [0.1, 0.15) is 5.82 Å². The Morgan fingerprint density at radius 2 is 2.33 bits per heavy atom. The van der Waals surface area contributed by atoms with Crippen LogP contribution in [-0.4, -0.2) is 11.0 Å². The molecular weight excluding hydrogens is 80.0 g/mol. The number of aliphatic imine (C=N–C) groups is 1. The van der Waals surface area contributed by atoms with Crippen LogP contribution in [0.3, 0.4) is 0 Å². The monoisotopic (exact) mass is 84.0 g/mol. The van der Waals surface area contributed by atoms with Crippen LogP contribution in [0.25, 0.3) is 0 Å². The van der Waals surface area contributed by atoms with Crippen LogP contribution in [0.4, 0.5) is 0 Å². The summed E-state index contributed by atoms with van der Waals surface area (Å²) in [6.45, 7) is 0. The molecule has 3 N–H and O–H groups in total. The number of aliphatic hydroxyl groups excluding tert-OH is 1. The lowest BCUT2D eigenvalue weighted by Crippen LogP contribution is -2.09. The zero-order chi connectivity index (χ0) is 4.57. The van der Waals surface area contributed by atoms with E-state index in [1.807, 2.05) is 0 Å². The Labute approximate surface area is 34.8 Å². The van der Waals surface area contributed by atoms with Crippen molar-refractivity contribution in [2.45, 2.75) is 0 Å². The van der Waals surface area contributed by atoms with Gasteiger partial charge in [-0.3, -0.25) is 0 Å². The van der Waals surface area contributed by atoms with Crippen LogP contribution in [0, 0.1) is 0 Å². The van der Waals surface area contributed by atoms with Gasteiger partial charge in [-0.05, 0) is 0 Å². The topological polar surface area (TPSA) is 58.6 Å². The lowest BCUT2D eigenvalue weighted by atomic mass is 10.4. The van der Waals surface area contributed by atoms with Crippen molar-refractivity contribution in [1.82, 2.24) is 0 Å². The predicted octanol–water partition coefficient (Wildman–Crippen LogP) is -0.243. The molecule has 1 heterocycles. The Morgan fingerprint density at radius 3 is 2.33 bits per heavy atom. The average Bonchev–Trinajstić information content (AvgIpc) is 1.33. The van der Waals surface area contributed by atoms with Crippen molar-refractivity contribution in [2.24, 2.45) is 10.7 Å². The van der Waals surface area contributed by atoms with Crippen molar-refractivity contribution >= 4 is 5.90 Å². The Hall–Kier alpha value is -0.990. The zero-order valence-electron chi connectivity index (χ0n) is 3.05. The van der Waals surface area contributed by atoms with Crippen molar-refractivity contribution in [2.75, 3.05) is 0 Å². The van der Waals surface area contributed by atoms with Crippen molar-refractivity contribution in [3.05, 3.63) is 11.9 Å². The zero-order valence-corrected chi connectivity index (χ0v) is 3.05. The van der Waals surface area contributed by atoms with E-state index in [9.17, 15) is 0 Å². The molecule has 0 aromatic rings. The van der Waals surface area contributed by atoms with E-state index >= 15 is 0 Å². The molecule has 0 fully saturated rings. The maximum Gasteiger partial charge on any atom is 0.216 e. The first-order valence-corrected chi connectivity index (χ1v) is 1.54. The van der Waals surface area contributed by atoms with Crippen LogP contribution in [0.1, 0.15) is 0 Å². The van der Waals surface area contributed by atoms with Gasteiger partial charge in [0.2, 0.25) is 5.90 Å². The summed E-state index contributed by atoms with van der Waals surface area (Å²) in [6, 6.07) is 0. The first-order valence-electron chi connectivity index (χ1n) is 1.54. The summed E-state index contributed by atoms with van der Waals surface area (Å²) in [5.74, 6) is 0.417. The number of aliphatic hydroxyl groups is 1. The number of nitrogens with zero attached hydrogens (tertiary/aromatic N) is 1. The van der Waals surface area contributed by atoms with Gasteiger partial charge >= 0.3 is 0 Å². The highest BCUT2D eigenvalue weighted by Gasteiger charge is 2.00. The van der Waals surface area contributed by atoms with Gasteiger partial charge in [0.15, 0.2) is 0 Å². The second-order valence-corrected chi connectivity index (χ2v) is 1.04. The van der Waals surface area contributed by atoms with Crippen molar-refractivity contribution < 1.29 is 5.11 Å². The summed E-state index contributed by atoms with van der Waals surface area (Å²) in [6.07, 6.45) is 1.39. The maximum atomic E-state index is 8.21. The summed E-state index contributed by atoms with van der Waals surface area (Å²) in [5, 5.41) is 8.21. The second-order valence-electron chi connectivity index (χ2n) is 1.04. The van der Waals surface area contributed by atoms with Gasteiger partial charge in [0.25, 0.3) is 0 Å². The van der Waals surface area contributed by atoms with E-state index in [1.165, 1.54) is 6.08 Å². The Balaban J connectivity index is 2.57. The van der Waals surface area contributed by atoms with Crippen molar-refractivity contribution in [3.8, 4) is 0 Å². The minimum absolute atomic E-state index is 0.0208. The third-order valence-corrected chi connectivity index (χ3v) is 0.521. The Bertz CT molecular complexity index is 103. The lowest BCUT2D eigenvalue weighted by Gasteiger charge is -1.99. The van der Waals surface area contributed by atoms with Gasteiger partial charge in [-0.2, -0.15) is 4.99 Å². The summed E-state index contributed by atoms with van der Waals surface area (Å²) in [7, 11) is 0. The van der Waals surface area contributed by atoms with Crippen LogP contribution in [0.5, 0.6) is 0 Å². The van der Waals surface area contributed by atoms with Gasteiger partial charge in [-0.1, -0.05) is 0 Å². The predicted molar refractivity (Wildman–Crippen MR) is 22.3 cm³/mol. The molecule has 0 atom stereocenters. The molecule has 3 heteroatoms. The average molecular weight is 84.1 g/mol. The molecule has 0 saturated carbocycles. The van der Waals surface area contributed by atoms with Gasteiger partial charge in [-0.15, -0.1) is 0 Å². The SMILES string of the molecule is NC1=CC(O)=N1. The van der Waals surface area contributed by atoms with E-state index in [0.717, 1.165) is 0 Å². The van der Waals surface area contributed by atoms with E-state index in [1.54, 1.807) is 0 Å². The van der Waals surface area contributed by atoms with Crippen molar-refractivity contribution in [1.29, 1.82) is 0 Å². The molecular formula is C3H4N2O. The van der Waals surface area contributed by atoms with Gasteiger partial charge in [0.05, 0.1) is 0 Å². The number of hydrogen-bond acceptors (Lipinski definition) is 2. The molecule has 0 bridgehead atoms. The Morgan fingerprint density at radius 1 is 1.83 bits per heavy atom. The number of nitrogens with two attached hydrogens (primary N) is 1. The summed E-state index contributed by atoms with van der Waals surface area (Å²) in [5.41, 5.74) is 4.98. The molecule has 0 aromatic heterocycles. The molecule has 0 amide bonds. The van der Waals surface area contributed by atoms with Crippen molar-refractivity contribution in [3.63, 3.8) is 0 Å². The van der Waals surface area contributed by atoms with Gasteiger partial charge in [0, 0.05) is 6.08 Å². The van der Waals surface area contributed by atoms with E-state index in [4.69, 9.17) is 10.8 Å². The number of hydrogen-bond donors (Lipinski definition) is 2. The summed E-state index contributed by atoms with van der Waals surface area (Å²) < 4.78 is 0. The molecule has 0 unspecified atom stereocenters. The van der Waals surface area contributed by atoms with Gasteiger partial charge in [-0.25, -0.2) is 0 Å². The maximum absolute atomic E-state index is 8.21. The van der Waals surface area contributed by atoms with Crippen LogP contribution >= 0.6 is 0 Å². The van der Waals surface area contributed by atoms with E-state index in [-0.39, 0.29) is 5.90 Å². The summed E-state index contributed by atoms with van der Waals surface area (Å²) >= 11 is 0. The summed E-state index contributed by atoms with van der Waals surface area (Å²) in [4.78, 5) is 3.33. The molecule has 6 heavy (non-hydrogen) atoms. The molecule has 0 aliphatic carbocycles. The first kappa shape index (κ1) is 3.21. The normalized spacial score (nSPS) is 18.0. The third-order valence-electron chi connectivity index (χ3n) is 0.521. The van der Waals surface area contributed by atoms with Gasteiger partial charge < -0.3 is 10.8 Å². The molecule has 0 saturated heterocycles. The third kappa shape index (κ3) is 0.247. The fourth-order valence-corrected chi connectivity index (χ4v) is 0.263. The molecule has 32 valence electrons. The lowest BCUT2D eigenvalue weighted by molar-refractivity contribution is 0.549. The highest BCUT2D eigenvalue weighted by Crippen LogP contribution is 1.97. The largest absolute Gasteiger partial charge is 0.493 e. The van der Waals surface area contributed by atoms with E-state index < -0.39 is 0 Å². The highest BCUT2D eigenvalue weighted by atomic mass is 16.3.